The van der Waals surface area contributed by atoms with Gasteiger partial charge in [0.25, 0.3) is 0 Å². The largest absolute Gasteiger partial charge is 0.395 e. The van der Waals surface area contributed by atoms with E-state index in [4.69, 9.17) is 10.8 Å². The molecule has 3 N–H and O–H groups in total. The minimum atomic E-state index is -0.322. The van der Waals surface area contributed by atoms with Gasteiger partial charge in [-0.15, -0.1) is 0 Å². The molecule has 20 heavy (non-hydrogen) atoms. The average molecular weight is 274 g/mol. The van der Waals surface area contributed by atoms with Gasteiger partial charge in [0.05, 0.1) is 13.2 Å². The van der Waals surface area contributed by atoms with Gasteiger partial charge >= 0.3 is 0 Å². The van der Waals surface area contributed by atoms with Crippen molar-refractivity contribution in [1.29, 1.82) is 0 Å². The third kappa shape index (κ3) is 5.87. The first-order valence-electron chi connectivity index (χ1n) is 6.74. The number of primary amides is 1. The van der Waals surface area contributed by atoms with Crippen LogP contribution < -0.4 is 5.73 Å². The molecular formula is C16H22N2O2. The first kappa shape index (κ1) is 16.2. The van der Waals surface area contributed by atoms with Crippen molar-refractivity contribution in [3.05, 3.63) is 35.4 Å². The molecule has 0 heterocycles. The number of nitrogens with zero attached hydrogens (tertiary/aromatic N) is 1. The molecular weight excluding hydrogens is 252 g/mol. The number of rotatable bonds is 6. The van der Waals surface area contributed by atoms with E-state index in [1.807, 2.05) is 43.0 Å². The van der Waals surface area contributed by atoms with Crippen molar-refractivity contribution in [1.82, 2.24) is 4.90 Å². The minimum absolute atomic E-state index is 0.0758. The van der Waals surface area contributed by atoms with Crippen LogP contribution in [0.15, 0.2) is 24.3 Å². The molecule has 0 aromatic heterocycles. The Morgan fingerprint density at radius 3 is 2.80 bits per heavy atom. The molecule has 0 atom stereocenters. The normalized spacial score (nSPS) is 10.4. The third-order valence-corrected chi connectivity index (χ3v) is 2.87. The molecule has 4 nitrogen and oxygen atoms in total. The summed E-state index contributed by atoms with van der Waals surface area (Å²) in [6.07, 6.45) is 0.476. The number of carbonyl (C=O) groups is 1. The third-order valence-electron chi connectivity index (χ3n) is 2.87. The first-order valence-corrected chi connectivity index (χ1v) is 6.74. The van der Waals surface area contributed by atoms with Crippen molar-refractivity contribution in [3.8, 4) is 11.8 Å². The summed E-state index contributed by atoms with van der Waals surface area (Å²) in [6, 6.07) is 8.13. The highest BCUT2D eigenvalue weighted by Crippen LogP contribution is 2.10. The maximum Gasteiger partial charge on any atom is 0.231 e. The van der Waals surface area contributed by atoms with Gasteiger partial charge in [-0.2, -0.15) is 0 Å². The van der Waals surface area contributed by atoms with E-state index in [-0.39, 0.29) is 25.1 Å². The molecule has 1 amide bonds. The second kappa shape index (κ2) is 8.36. The van der Waals surface area contributed by atoms with Gasteiger partial charge in [-0.1, -0.05) is 24.0 Å². The average Bonchev–Trinajstić information content (AvgIpc) is 2.38. The van der Waals surface area contributed by atoms with Crippen molar-refractivity contribution < 1.29 is 9.90 Å². The summed E-state index contributed by atoms with van der Waals surface area (Å²) in [6.45, 7) is 5.06. The fraction of sp³-hybridized carbons (Fsp3) is 0.438. The highest BCUT2D eigenvalue weighted by Gasteiger charge is 2.12. The van der Waals surface area contributed by atoms with Crippen LogP contribution in [0.25, 0.3) is 0 Å². The zero-order valence-electron chi connectivity index (χ0n) is 12.1. The Balaban J connectivity index is 2.78. The molecule has 0 saturated carbocycles. The molecule has 0 radical (unpaired) electrons. The molecule has 1 aromatic carbocycles. The van der Waals surface area contributed by atoms with E-state index in [2.05, 4.69) is 11.8 Å². The lowest BCUT2D eigenvalue weighted by Gasteiger charge is -2.25. The van der Waals surface area contributed by atoms with Crippen LogP contribution in [-0.4, -0.2) is 35.1 Å². The summed E-state index contributed by atoms with van der Waals surface area (Å²) in [5, 5.41) is 8.71. The van der Waals surface area contributed by atoms with E-state index in [9.17, 15) is 4.79 Å². The van der Waals surface area contributed by atoms with Crippen molar-refractivity contribution in [2.75, 3.05) is 13.2 Å². The van der Waals surface area contributed by atoms with E-state index in [1.54, 1.807) is 0 Å². The Kier molecular flexibility index (Phi) is 6.78. The Bertz CT molecular complexity index is 501. The molecule has 0 aliphatic heterocycles. The number of benzene rings is 1. The van der Waals surface area contributed by atoms with E-state index < -0.39 is 0 Å². The van der Waals surface area contributed by atoms with Gasteiger partial charge < -0.3 is 10.8 Å². The second-order valence-corrected chi connectivity index (χ2v) is 4.94. The van der Waals surface area contributed by atoms with Crippen LogP contribution >= 0.6 is 0 Å². The smallest absolute Gasteiger partial charge is 0.231 e. The highest BCUT2D eigenvalue weighted by atomic mass is 16.2. The number of hydrogen-bond donors (Lipinski definition) is 2. The zero-order chi connectivity index (χ0) is 15.0. The lowest BCUT2D eigenvalue weighted by Crippen LogP contribution is -2.37. The van der Waals surface area contributed by atoms with Crippen LogP contribution in [0.1, 0.15) is 31.4 Å². The van der Waals surface area contributed by atoms with Gasteiger partial charge in [0.1, 0.15) is 0 Å². The molecule has 0 bridgehead atoms. The first-order chi connectivity index (χ1) is 9.52. The van der Waals surface area contributed by atoms with E-state index in [0.717, 1.165) is 11.1 Å². The lowest BCUT2D eigenvalue weighted by atomic mass is 10.1. The van der Waals surface area contributed by atoms with Crippen LogP contribution in [-0.2, 0) is 11.3 Å². The van der Waals surface area contributed by atoms with Crippen LogP contribution in [0, 0.1) is 11.8 Å². The maximum absolute atomic E-state index is 11.1. The molecule has 1 rings (SSSR count). The van der Waals surface area contributed by atoms with Gasteiger partial charge in [0.2, 0.25) is 5.91 Å². The standard InChI is InChI=1S/C16H22N2O2/c1-13(2)18(12-16(17)20)11-15-8-5-7-14(10-15)6-3-4-9-19/h5,7-8,10,13,19H,4,9,11-12H2,1-2H3,(H2,17,20). The Hall–Kier alpha value is -1.83. The van der Waals surface area contributed by atoms with Crippen molar-refractivity contribution in [2.24, 2.45) is 5.73 Å². The Morgan fingerprint density at radius 1 is 1.45 bits per heavy atom. The molecule has 0 fully saturated rings. The van der Waals surface area contributed by atoms with Crippen LogP contribution in [0.2, 0.25) is 0 Å². The molecule has 4 heteroatoms. The monoisotopic (exact) mass is 274 g/mol. The van der Waals surface area contributed by atoms with Gasteiger partial charge in [-0.05, 0) is 31.5 Å². The minimum Gasteiger partial charge on any atom is -0.395 e. The molecule has 0 spiro atoms. The number of hydrogen-bond acceptors (Lipinski definition) is 3. The van der Waals surface area contributed by atoms with Crippen molar-refractivity contribution in [3.63, 3.8) is 0 Å². The van der Waals surface area contributed by atoms with Crippen LogP contribution in [0.4, 0.5) is 0 Å². The van der Waals surface area contributed by atoms with E-state index in [1.165, 1.54) is 0 Å². The number of aliphatic hydroxyl groups excluding tert-OH is 1. The van der Waals surface area contributed by atoms with Crippen molar-refractivity contribution >= 4 is 5.91 Å². The quantitative estimate of drug-likeness (QED) is 0.764. The fourth-order valence-corrected chi connectivity index (χ4v) is 1.82. The topological polar surface area (TPSA) is 66.6 Å². The fourth-order valence-electron chi connectivity index (χ4n) is 1.82. The summed E-state index contributed by atoms with van der Waals surface area (Å²) in [7, 11) is 0. The van der Waals surface area contributed by atoms with Crippen LogP contribution in [0.5, 0.6) is 0 Å². The molecule has 0 aliphatic carbocycles. The van der Waals surface area contributed by atoms with Crippen molar-refractivity contribution in [2.45, 2.75) is 32.9 Å². The van der Waals surface area contributed by atoms with Gasteiger partial charge in [-0.25, -0.2) is 0 Å². The van der Waals surface area contributed by atoms with Gasteiger partial charge in [-0.3, -0.25) is 9.69 Å². The molecule has 0 unspecified atom stereocenters. The van der Waals surface area contributed by atoms with Gasteiger partial charge in [0.15, 0.2) is 0 Å². The predicted octanol–water partition coefficient (Wildman–Crippen LogP) is 1.12. The molecule has 0 aliphatic rings. The van der Waals surface area contributed by atoms with E-state index in [0.29, 0.717) is 13.0 Å². The predicted molar refractivity (Wildman–Crippen MR) is 79.8 cm³/mol. The number of nitrogens with two attached hydrogens (primary N) is 1. The number of carbonyl (C=O) groups excluding carboxylic acids is 1. The summed E-state index contributed by atoms with van der Waals surface area (Å²) in [5.41, 5.74) is 7.28. The molecule has 0 saturated heterocycles. The Morgan fingerprint density at radius 2 is 2.20 bits per heavy atom. The Labute approximate surface area is 120 Å². The summed E-state index contributed by atoms with van der Waals surface area (Å²) < 4.78 is 0. The SMILES string of the molecule is CC(C)N(CC(N)=O)Cc1cccc(C#CCCO)c1. The number of amides is 1. The second-order valence-electron chi connectivity index (χ2n) is 4.94. The highest BCUT2D eigenvalue weighted by molar-refractivity contribution is 5.75. The summed E-state index contributed by atoms with van der Waals surface area (Å²) in [4.78, 5) is 13.1. The van der Waals surface area contributed by atoms with E-state index >= 15 is 0 Å². The number of aliphatic hydroxyl groups is 1. The summed E-state index contributed by atoms with van der Waals surface area (Å²) in [5.74, 6) is 5.59. The summed E-state index contributed by atoms with van der Waals surface area (Å²) >= 11 is 0. The van der Waals surface area contributed by atoms with Crippen LogP contribution in [0.3, 0.4) is 0 Å². The molecule has 108 valence electrons. The lowest BCUT2D eigenvalue weighted by molar-refractivity contribution is -0.119. The molecule has 1 aromatic rings. The van der Waals surface area contributed by atoms with Gasteiger partial charge in [0, 0.05) is 24.6 Å². The maximum atomic E-state index is 11.1. The zero-order valence-corrected chi connectivity index (χ0v) is 12.1.